The highest BCUT2D eigenvalue weighted by molar-refractivity contribution is 5.43. The van der Waals surface area contributed by atoms with Crippen molar-refractivity contribution in [1.82, 2.24) is 0 Å². The molecule has 0 aliphatic heterocycles. The maximum Gasteiger partial charge on any atom is 0.160 e. The average molecular weight is 252 g/mol. The lowest BCUT2D eigenvalue weighted by molar-refractivity contribution is 0.162. The molecule has 1 aromatic carbocycles. The zero-order valence-electron chi connectivity index (χ0n) is 11.9. The molecule has 18 heavy (non-hydrogen) atoms. The van der Waals surface area contributed by atoms with Crippen molar-refractivity contribution in [2.24, 2.45) is 0 Å². The predicted molar refractivity (Wildman–Crippen MR) is 75.6 cm³/mol. The number of rotatable bonds is 6. The number of hydrogen-bond acceptors (Lipinski definition) is 3. The Hall–Kier alpha value is -1.48. The minimum absolute atomic E-state index is 0.760. The zero-order chi connectivity index (χ0) is 13.8. The van der Waals surface area contributed by atoms with Gasteiger partial charge in [-0.3, -0.25) is 0 Å². The molecule has 0 N–H and O–H groups in total. The van der Waals surface area contributed by atoms with Gasteiger partial charge in [-0.1, -0.05) is 12.1 Å². The fourth-order valence-electron chi connectivity index (χ4n) is 1.38. The molecular weight excluding hydrogens is 228 g/mol. The van der Waals surface area contributed by atoms with Crippen LogP contribution in [0, 0.1) is 0 Å². The summed E-state index contributed by atoms with van der Waals surface area (Å²) in [6.45, 7) is 9.35. The minimum atomic E-state index is 0.760. The molecule has 0 aliphatic carbocycles. The molecule has 0 bridgehead atoms. The van der Waals surface area contributed by atoms with Crippen molar-refractivity contribution in [3.63, 3.8) is 0 Å². The molecule has 3 heteroatoms. The quantitative estimate of drug-likeness (QED) is 0.725. The highest BCUT2D eigenvalue weighted by atomic mass is 16.5. The lowest BCUT2D eigenvalue weighted by Gasteiger charge is -2.08. The summed E-state index contributed by atoms with van der Waals surface area (Å²) in [5.74, 6) is 1.53. The Morgan fingerprint density at radius 1 is 1.06 bits per heavy atom. The molecule has 0 atom stereocenters. The van der Waals surface area contributed by atoms with Gasteiger partial charge in [-0.25, -0.2) is 0 Å². The van der Waals surface area contributed by atoms with E-state index in [4.69, 9.17) is 14.2 Å². The Bertz CT molecular complexity index is 333. The SMILES string of the molecule is C=CCc1ccc(OC)c(OC)c1.CCOCC. The van der Waals surface area contributed by atoms with Crippen LogP contribution in [0.15, 0.2) is 30.9 Å². The smallest absolute Gasteiger partial charge is 0.160 e. The van der Waals surface area contributed by atoms with Crippen LogP contribution >= 0.6 is 0 Å². The van der Waals surface area contributed by atoms with Gasteiger partial charge in [0.05, 0.1) is 14.2 Å². The van der Waals surface area contributed by atoms with E-state index in [0.717, 1.165) is 31.1 Å². The van der Waals surface area contributed by atoms with E-state index in [1.165, 1.54) is 5.56 Å². The third kappa shape index (κ3) is 6.30. The van der Waals surface area contributed by atoms with Crippen molar-refractivity contribution >= 4 is 0 Å². The van der Waals surface area contributed by atoms with Crippen molar-refractivity contribution in [3.05, 3.63) is 36.4 Å². The molecule has 0 amide bonds. The Labute approximate surface area is 110 Å². The van der Waals surface area contributed by atoms with Crippen LogP contribution in [-0.4, -0.2) is 27.4 Å². The van der Waals surface area contributed by atoms with Crippen LogP contribution in [0.2, 0.25) is 0 Å². The summed E-state index contributed by atoms with van der Waals surface area (Å²) in [6.07, 6.45) is 2.71. The molecule has 0 saturated heterocycles. The first kappa shape index (κ1) is 16.5. The third-order valence-electron chi connectivity index (χ3n) is 2.24. The summed E-state index contributed by atoms with van der Waals surface area (Å²) in [5.41, 5.74) is 1.17. The number of allylic oxidation sites excluding steroid dienone is 1. The summed E-state index contributed by atoms with van der Waals surface area (Å²) in [7, 11) is 3.26. The Balaban J connectivity index is 0.000000494. The summed E-state index contributed by atoms with van der Waals surface area (Å²) in [6, 6.07) is 5.86. The van der Waals surface area contributed by atoms with Crippen LogP contribution in [0.3, 0.4) is 0 Å². The molecule has 0 radical (unpaired) electrons. The number of hydrogen-bond donors (Lipinski definition) is 0. The Morgan fingerprint density at radius 3 is 2.06 bits per heavy atom. The van der Waals surface area contributed by atoms with E-state index < -0.39 is 0 Å². The topological polar surface area (TPSA) is 27.7 Å². The van der Waals surface area contributed by atoms with Gasteiger partial charge in [0.2, 0.25) is 0 Å². The maximum atomic E-state index is 5.16. The van der Waals surface area contributed by atoms with E-state index in [-0.39, 0.29) is 0 Å². The highest BCUT2D eigenvalue weighted by Crippen LogP contribution is 2.27. The first-order valence-electron chi connectivity index (χ1n) is 6.12. The minimum Gasteiger partial charge on any atom is -0.493 e. The average Bonchev–Trinajstić information content (AvgIpc) is 2.40. The molecule has 0 aromatic heterocycles. The van der Waals surface area contributed by atoms with Crippen LogP contribution in [-0.2, 0) is 11.2 Å². The molecule has 0 fully saturated rings. The molecule has 1 aromatic rings. The van der Waals surface area contributed by atoms with Crippen molar-refractivity contribution in [2.45, 2.75) is 20.3 Å². The lowest BCUT2D eigenvalue weighted by Crippen LogP contribution is -1.91. The highest BCUT2D eigenvalue weighted by Gasteiger charge is 2.02. The van der Waals surface area contributed by atoms with E-state index in [2.05, 4.69) is 6.58 Å². The second-order valence-electron chi connectivity index (χ2n) is 3.46. The van der Waals surface area contributed by atoms with Crippen LogP contribution in [0.4, 0.5) is 0 Å². The Kier molecular flexibility index (Phi) is 9.78. The number of benzene rings is 1. The van der Waals surface area contributed by atoms with Gasteiger partial charge in [0.15, 0.2) is 11.5 Å². The summed E-state index contributed by atoms with van der Waals surface area (Å²) >= 11 is 0. The predicted octanol–water partition coefficient (Wildman–Crippen LogP) is 3.48. The van der Waals surface area contributed by atoms with Gasteiger partial charge < -0.3 is 14.2 Å². The van der Waals surface area contributed by atoms with Crippen LogP contribution < -0.4 is 9.47 Å². The van der Waals surface area contributed by atoms with Crippen molar-refractivity contribution in [3.8, 4) is 11.5 Å². The maximum absolute atomic E-state index is 5.16. The number of methoxy groups -OCH3 is 2. The van der Waals surface area contributed by atoms with E-state index in [9.17, 15) is 0 Å². The van der Waals surface area contributed by atoms with Gasteiger partial charge in [0, 0.05) is 13.2 Å². The molecule has 1 rings (SSSR count). The first-order chi connectivity index (χ1) is 8.73. The van der Waals surface area contributed by atoms with E-state index in [1.807, 2.05) is 38.1 Å². The largest absolute Gasteiger partial charge is 0.493 e. The first-order valence-corrected chi connectivity index (χ1v) is 6.12. The second-order valence-corrected chi connectivity index (χ2v) is 3.46. The van der Waals surface area contributed by atoms with Gasteiger partial charge in [-0.2, -0.15) is 0 Å². The van der Waals surface area contributed by atoms with Crippen molar-refractivity contribution < 1.29 is 14.2 Å². The molecule has 0 saturated carbocycles. The van der Waals surface area contributed by atoms with Crippen LogP contribution in [0.1, 0.15) is 19.4 Å². The standard InChI is InChI=1S/C11H14O2.C4H10O/c1-4-5-9-6-7-10(12-2)11(8-9)13-3;1-3-5-4-2/h4,6-8H,1,5H2,2-3H3;3-4H2,1-2H3. The fraction of sp³-hybridized carbons (Fsp3) is 0.467. The van der Waals surface area contributed by atoms with E-state index >= 15 is 0 Å². The zero-order valence-corrected chi connectivity index (χ0v) is 11.9. The number of ether oxygens (including phenoxy) is 3. The monoisotopic (exact) mass is 252 g/mol. The second kappa shape index (κ2) is 10.7. The normalized spacial score (nSPS) is 9.11. The van der Waals surface area contributed by atoms with Gasteiger partial charge in [0.25, 0.3) is 0 Å². The van der Waals surface area contributed by atoms with Gasteiger partial charge in [-0.05, 0) is 38.0 Å². The molecule has 0 unspecified atom stereocenters. The molecule has 3 nitrogen and oxygen atoms in total. The van der Waals surface area contributed by atoms with Crippen LogP contribution in [0.5, 0.6) is 11.5 Å². The van der Waals surface area contributed by atoms with Gasteiger partial charge in [-0.15, -0.1) is 6.58 Å². The third-order valence-corrected chi connectivity index (χ3v) is 2.24. The summed E-state index contributed by atoms with van der Waals surface area (Å²) in [5, 5.41) is 0. The fourth-order valence-corrected chi connectivity index (χ4v) is 1.38. The molecule has 0 spiro atoms. The van der Waals surface area contributed by atoms with Gasteiger partial charge in [0.1, 0.15) is 0 Å². The molecule has 102 valence electrons. The molecular formula is C15H24O3. The summed E-state index contributed by atoms with van der Waals surface area (Å²) in [4.78, 5) is 0. The van der Waals surface area contributed by atoms with Crippen molar-refractivity contribution in [1.29, 1.82) is 0 Å². The molecule has 0 aliphatic rings. The van der Waals surface area contributed by atoms with Crippen LogP contribution in [0.25, 0.3) is 0 Å². The van der Waals surface area contributed by atoms with E-state index in [1.54, 1.807) is 14.2 Å². The van der Waals surface area contributed by atoms with Gasteiger partial charge >= 0.3 is 0 Å². The van der Waals surface area contributed by atoms with E-state index in [0.29, 0.717) is 0 Å². The van der Waals surface area contributed by atoms with Crippen molar-refractivity contribution in [2.75, 3.05) is 27.4 Å². The molecule has 0 heterocycles. The summed E-state index contributed by atoms with van der Waals surface area (Å²) < 4.78 is 15.1. The lowest BCUT2D eigenvalue weighted by atomic mass is 10.1. The Morgan fingerprint density at radius 2 is 1.67 bits per heavy atom.